The monoisotopic (exact) mass is 636 g/mol. The van der Waals surface area contributed by atoms with Crippen LogP contribution in [0.3, 0.4) is 0 Å². The Morgan fingerprint density at radius 2 is 1.57 bits per heavy atom. The zero-order valence-electron chi connectivity index (χ0n) is 25.3. The number of hydrogen-bond acceptors (Lipinski definition) is 8. The Bertz CT molecular complexity index is 1950. The van der Waals surface area contributed by atoms with Crippen molar-refractivity contribution in [2.24, 2.45) is 25.9 Å². The van der Waals surface area contributed by atoms with Gasteiger partial charge in [0.15, 0.2) is 5.78 Å². The number of imidazole rings is 2. The summed E-state index contributed by atoms with van der Waals surface area (Å²) in [4.78, 5) is 38.9. The van der Waals surface area contributed by atoms with Crippen LogP contribution in [-0.4, -0.2) is 73.1 Å². The molecule has 7 rings (SSSR count). The number of rotatable bonds is 9. The Hall–Kier alpha value is -5.06. The molecule has 2 aromatic heterocycles. The number of fused-ring (bicyclic) bond motifs is 1. The van der Waals surface area contributed by atoms with Gasteiger partial charge in [0.2, 0.25) is 10.0 Å². The van der Waals surface area contributed by atoms with Crippen LogP contribution in [0.1, 0.15) is 27.3 Å². The number of aromatic nitrogens is 4. The van der Waals surface area contributed by atoms with Crippen LogP contribution < -0.4 is 5.32 Å². The van der Waals surface area contributed by atoms with Crippen molar-refractivity contribution in [3.05, 3.63) is 114 Å². The lowest BCUT2D eigenvalue weighted by atomic mass is 9.88. The average Bonchev–Trinajstić information content (AvgIpc) is 3.52. The molecule has 3 atom stereocenters. The van der Waals surface area contributed by atoms with Gasteiger partial charge in [0.25, 0.3) is 5.91 Å². The lowest BCUT2D eigenvalue weighted by Crippen LogP contribution is -2.51. The summed E-state index contributed by atoms with van der Waals surface area (Å²) in [7, 11) is 0.0674. The number of nitriles is 1. The maximum Gasteiger partial charge on any atom is 0.254 e. The van der Waals surface area contributed by atoms with E-state index in [1.165, 1.54) is 10.4 Å². The number of carbonyl (C=O) groups is 2. The molecule has 2 aromatic carbocycles. The molecular weight excluding hydrogens is 604 g/mol. The summed E-state index contributed by atoms with van der Waals surface area (Å²) in [5.74, 6) is -0.296. The summed E-state index contributed by atoms with van der Waals surface area (Å²) in [5, 5.41) is 12.7. The minimum Gasteiger partial charge on any atom is -0.356 e. The Balaban J connectivity index is 1.25. The van der Waals surface area contributed by atoms with Crippen molar-refractivity contribution in [3.8, 4) is 6.07 Å². The molecule has 3 fully saturated rings. The van der Waals surface area contributed by atoms with E-state index in [0.29, 0.717) is 29.8 Å². The molecule has 1 aliphatic carbocycles. The highest BCUT2D eigenvalue weighted by molar-refractivity contribution is 7.89. The number of piperidine rings is 1. The highest BCUT2D eigenvalue weighted by Crippen LogP contribution is 2.53. The second-order valence-corrected chi connectivity index (χ2v) is 14.2. The van der Waals surface area contributed by atoms with E-state index in [0.717, 1.165) is 11.4 Å². The van der Waals surface area contributed by atoms with Gasteiger partial charge in [-0.15, -0.1) is 0 Å². The van der Waals surface area contributed by atoms with Crippen LogP contribution in [0.2, 0.25) is 0 Å². The van der Waals surface area contributed by atoms with Crippen LogP contribution in [0, 0.1) is 23.2 Å². The molecule has 4 aromatic rings. The third-order valence-electron chi connectivity index (χ3n) is 9.41. The number of ketones is 1. The SMILES string of the molecule is Cn1cncc1CC1(Cc2cncn2C)NC(=CC(=O)c2ccc(C#N)cc2)N([C@H]2[C@@H]3CN(S(=O)(=O)c4ccccc4)C[C@@H]32)C1=O. The number of carbonyl (C=O) groups excluding carboxylic acids is 2. The van der Waals surface area contributed by atoms with Gasteiger partial charge in [-0.05, 0) is 36.4 Å². The van der Waals surface area contributed by atoms with E-state index in [4.69, 9.17) is 0 Å². The Morgan fingerprint density at radius 3 is 2.09 bits per heavy atom. The van der Waals surface area contributed by atoms with Crippen molar-refractivity contribution in [1.82, 2.24) is 33.6 Å². The zero-order chi connectivity index (χ0) is 32.2. The largest absolute Gasteiger partial charge is 0.356 e. The quantitative estimate of drug-likeness (QED) is 0.217. The highest BCUT2D eigenvalue weighted by atomic mass is 32.2. The number of benzene rings is 2. The van der Waals surface area contributed by atoms with Crippen molar-refractivity contribution in [2.75, 3.05) is 13.1 Å². The standard InChI is InChI=1S/C33H32N8O4S/c1-38-20-35-16-24(38)13-33(14-25-17-36-21-39(25)2)32(43)41(30(37-33)12-29(42)23-10-8-22(15-34)9-11-23)31-27-18-40(19-28(27)31)46(44,45)26-6-4-3-5-7-26/h3-12,16-17,20-21,27-28,31,37H,13-14,18-19H2,1-2H3/t27-,28+,31+. The summed E-state index contributed by atoms with van der Waals surface area (Å²) in [5.41, 5.74) is 1.32. The third-order valence-corrected chi connectivity index (χ3v) is 11.3. The summed E-state index contributed by atoms with van der Waals surface area (Å²) in [6.45, 7) is 0.563. The molecule has 1 saturated carbocycles. The second-order valence-electron chi connectivity index (χ2n) is 12.3. The van der Waals surface area contributed by atoms with Gasteiger partial charge >= 0.3 is 0 Å². The topological polar surface area (TPSA) is 146 Å². The van der Waals surface area contributed by atoms with E-state index in [2.05, 4.69) is 21.4 Å². The van der Waals surface area contributed by atoms with Crippen molar-refractivity contribution in [3.63, 3.8) is 0 Å². The van der Waals surface area contributed by atoms with Crippen LogP contribution in [0.15, 0.2) is 96.4 Å². The molecule has 12 nitrogen and oxygen atoms in total. The predicted molar refractivity (Wildman–Crippen MR) is 166 cm³/mol. The van der Waals surface area contributed by atoms with Crippen molar-refractivity contribution < 1.29 is 18.0 Å². The van der Waals surface area contributed by atoms with E-state index in [9.17, 15) is 23.3 Å². The van der Waals surface area contributed by atoms with Crippen molar-refractivity contribution >= 4 is 21.7 Å². The number of sulfonamides is 1. The molecule has 46 heavy (non-hydrogen) atoms. The van der Waals surface area contributed by atoms with Gasteiger partial charge in [0, 0.05) is 93.3 Å². The molecule has 2 aliphatic heterocycles. The fourth-order valence-electron chi connectivity index (χ4n) is 6.82. The number of nitrogens with one attached hydrogen (secondary N) is 1. The van der Waals surface area contributed by atoms with E-state index in [-0.39, 0.29) is 47.6 Å². The number of hydrogen-bond donors (Lipinski definition) is 1. The Kier molecular flexibility index (Phi) is 7.14. The Morgan fingerprint density at radius 1 is 0.978 bits per heavy atom. The summed E-state index contributed by atoms with van der Waals surface area (Å²) < 4.78 is 32.0. The maximum absolute atomic E-state index is 14.8. The van der Waals surface area contributed by atoms with E-state index >= 15 is 0 Å². The molecule has 3 aliphatic rings. The van der Waals surface area contributed by atoms with Crippen molar-refractivity contribution in [1.29, 1.82) is 5.26 Å². The van der Waals surface area contributed by atoms with E-state index in [1.807, 2.05) is 23.2 Å². The molecule has 4 heterocycles. The first-order valence-electron chi connectivity index (χ1n) is 14.9. The summed E-state index contributed by atoms with van der Waals surface area (Å²) in [6.07, 6.45) is 8.86. The van der Waals surface area contributed by atoms with Gasteiger partial charge in [-0.1, -0.05) is 18.2 Å². The fourth-order valence-corrected chi connectivity index (χ4v) is 8.36. The maximum atomic E-state index is 14.8. The first-order valence-corrected chi connectivity index (χ1v) is 16.4. The van der Waals surface area contributed by atoms with Crippen LogP contribution in [0.4, 0.5) is 0 Å². The van der Waals surface area contributed by atoms with Crippen LogP contribution in [0.25, 0.3) is 0 Å². The highest BCUT2D eigenvalue weighted by Gasteiger charge is 2.65. The lowest BCUT2D eigenvalue weighted by Gasteiger charge is -2.28. The van der Waals surface area contributed by atoms with Crippen LogP contribution in [-0.2, 0) is 41.8 Å². The van der Waals surface area contributed by atoms with E-state index < -0.39 is 15.6 Å². The number of nitrogens with zero attached hydrogens (tertiary/aromatic N) is 7. The van der Waals surface area contributed by atoms with Crippen molar-refractivity contribution in [2.45, 2.75) is 29.3 Å². The number of amides is 1. The minimum atomic E-state index is -3.67. The van der Waals surface area contributed by atoms with Crippen LogP contribution >= 0.6 is 0 Å². The van der Waals surface area contributed by atoms with Gasteiger partial charge in [-0.3, -0.25) is 14.5 Å². The molecule has 13 heteroatoms. The van der Waals surface area contributed by atoms with Gasteiger partial charge in [-0.2, -0.15) is 9.57 Å². The molecule has 0 spiro atoms. The second kappa shape index (κ2) is 11.1. The molecule has 0 unspecified atom stereocenters. The minimum absolute atomic E-state index is 0.0816. The molecule has 0 bridgehead atoms. The molecular formula is C33H32N8O4S. The molecule has 1 amide bonds. The number of allylic oxidation sites excluding steroid dienone is 1. The first-order chi connectivity index (χ1) is 22.1. The third kappa shape index (κ3) is 4.99. The summed E-state index contributed by atoms with van der Waals surface area (Å²) >= 11 is 0. The normalized spacial score (nSPS) is 22.9. The van der Waals surface area contributed by atoms with Gasteiger partial charge < -0.3 is 14.5 Å². The smallest absolute Gasteiger partial charge is 0.254 e. The molecule has 0 radical (unpaired) electrons. The molecule has 1 N–H and O–H groups in total. The lowest BCUT2D eigenvalue weighted by molar-refractivity contribution is -0.132. The van der Waals surface area contributed by atoms with Gasteiger partial charge in [-0.25, -0.2) is 18.4 Å². The molecule has 234 valence electrons. The predicted octanol–water partition coefficient (Wildman–Crippen LogP) is 2.02. The van der Waals surface area contributed by atoms with Gasteiger partial charge in [0.1, 0.15) is 11.4 Å². The Labute approximate surface area is 266 Å². The fraction of sp³-hybridized carbons (Fsp3) is 0.303. The van der Waals surface area contributed by atoms with Crippen LogP contribution in [0.5, 0.6) is 0 Å². The van der Waals surface area contributed by atoms with E-state index in [1.54, 1.807) is 84.5 Å². The molecule has 2 saturated heterocycles. The number of aryl methyl sites for hydroxylation is 2. The zero-order valence-corrected chi connectivity index (χ0v) is 26.1. The first kappa shape index (κ1) is 29.6. The summed E-state index contributed by atoms with van der Waals surface area (Å²) in [6, 6.07) is 16.5. The van der Waals surface area contributed by atoms with Gasteiger partial charge in [0.05, 0.1) is 29.2 Å². The average molecular weight is 637 g/mol.